The van der Waals surface area contributed by atoms with Gasteiger partial charge >= 0.3 is 0 Å². The molecule has 0 unspecified atom stereocenters. The Kier molecular flexibility index (Phi) is 3.31. The van der Waals surface area contributed by atoms with Crippen LogP contribution in [0.15, 0.2) is 36.5 Å². The summed E-state index contributed by atoms with van der Waals surface area (Å²) < 4.78 is 0. The third-order valence-electron chi connectivity index (χ3n) is 5.16. The zero-order chi connectivity index (χ0) is 17.0. The van der Waals surface area contributed by atoms with E-state index in [2.05, 4.69) is 21.0 Å². The van der Waals surface area contributed by atoms with Crippen molar-refractivity contribution in [2.45, 2.75) is 25.3 Å². The molecule has 0 bridgehead atoms. The molecule has 126 valence electrons. The number of rotatable bonds is 2. The largest absolute Gasteiger partial charge is 0.334 e. The molecule has 25 heavy (non-hydrogen) atoms. The summed E-state index contributed by atoms with van der Waals surface area (Å²) >= 11 is 6.20. The van der Waals surface area contributed by atoms with E-state index in [1.54, 1.807) is 6.07 Å². The number of H-pyrrole nitrogens is 1. The van der Waals surface area contributed by atoms with Gasteiger partial charge in [0.05, 0.1) is 16.6 Å². The minimum absolute atomic E-state index is 0.0568. The molecule has 1 atom stereocenters. The van der Waals surface area contributed by atoms with Crippen LogP contribution in [0.25, 0.3) is 11.0 Å². The van der Waals surface area contributed by atoms with Crippen LogP contribution in [-0.2, 0) is 6.42 Å². The number of imidazole rings is 1. The summed E-state index contributed by atoms with van der Waals surface area (Å²) in [5, 5.41) is 0.555. The van der Waals surface area contributed by atoms with Crippen LogP contribution in [0.2, 0.25) is 5.02 Å². The summed E-state index contributed by atoms with van der Waals surface area (Å²) in [4.78, 5) is 27.3. The van der Waals surface area contributed by atoms with Gasteiger partial charge in [0.2, 0.25) is 0 Å². The number of pyridine rings is 1. The Hall–Kier alpha value is -2.40. The van der Waals surface area contributed by atoms with E-state index < -0.39 is 0 Å². The predicted octanol–water partition coefficient (Wildman–Crippen LogP) is 3.76. The lowest BCUT2D eigenvalue weighted by Crippen LogP contribution is -2.41. The maximum absolute atomic E-state index is 13.2. The molecular weight excluding hydrogens is 336 g/mol. The highest BCUT2D eigenvalue weighted by Gasteiger charge is 2.42. The molecule has 6 heteroatoms. The van der Waals surface area contributed by atoms with Crippen LogP contribution in [0, 0.1) is 5.92 Å². The average Bonchev–Trinajstić information content (AvgIpc) is 3.38. The molecule has 1 aliphatic carbocycles. The van der Waals surface area contributed by atoms with Gasteiger partial charge in [0.1, 0.15) is 5.52 Å². The fourth-order valence-electron chi connectivity index (χ4n) is 3.84. The van der Waals surface area contributed by atoms with Gasteiger partial charge in [0, 0.05) is 24.9 Å². The van der Waals surface area contributed by atoms with Crippen LogP contribution < -0.4 is 0 Å². The van der Waals surface area contributed by atoms with Crippen molar-refractivity contribution < 1.29 is 4.79 Å². The lowest BCUT2D eigenvalue weighted by Gasteiger charge is -2.36. The lowest BCUT2D eigenvalue weighted by molar-refractivity contribution is 0.0621. The summed E-state index contributed by atoms with van der Waals surface area (Å²) in [6.45, 7) is 0.675. The zero-order valence-corrected chi connectivity index (χ0v) is 14.3. The molecule has 1 amide bonds. The highest BCUT2D eigenvalue weighted by atomic mass is 35.5. The molecule has 1 N–H and O–H groups in total. The maximum atomic E-state index is 13.2. The highest BCUT2D eigenvalue weighted by Crippen LogP contribution is 2.47. The minimum atomic E-state index is -0.0568. The number of carbonyl (C=O) groups is 1. The average molecular weight is 353 g/mol. The number of para-hydroxylation sites is 1. The summed E-state index contributed by atoms with van der Waals surface area (Å²) in [5.74, 6) is 0.833. The monoisotopic (exact) mass is 352 g/mol. The number of hydrogen-bond donors (Lipinski definition) is 1. The first-order valence-electron chi connectivity index (χ1n) is 8.61. The predicted molar refractivity (Wildman–Crippen MR) is 95.5 cm³/mol. The normalized spacial score (nSPS) is 19.9. The third-order valence-corrected chi connectivity index (χ3v) is 5.47. The van der Waals surface area contributed by atoms with Crippen LogP contribution in [0.1, 0.15) is 40.8 Å². The molecule has 5 nitrogen and oxygen atoms in total. The number of amides is 1. The smallest absolute Gasteiger partial charge is 0.290 e. The third kappa shape index (κ3) is 2.42. The Labute approximate surface area is 150 Å². The Bertz CT molecular complexity index is 978. The number of halogens is 1. The standard InChI is InChI=1S/C19H17ClN4O/c20-13-4-1-5-15-16(13)23-18(22-15)19(25)24-10-8-14-12(3-2-9-21-14)17(24)11-6-7-11/h1-5,9,11,17H,6-8,10H2,(H,22,23)/t17-/m0/s1. The quantitative estimate of drug-likeness (QED) is 0.763. The van der Waals surface area contributed by atoms with E-state index in [9.17, 15) is 4.79 Å². The van der Waals surface area contributed by atoms with Gasteiger partial charge in [-0.1, -0.05) is 23.7 Å². The first kappa shape index (κ1) is 14.9. The summed E-state index contributed by atoms with van der Waals surface area (Å²) in [7, 11) is 0. The first-order chi connectivity index (χ1) is 12.2. The maximum Gasteiger partial charge on any atom is 0.290 e. The van der Waals surface area contributed by atoms with E-state index >= 15 is 0 Å². The Morgan fingerprint density at radius 3 is 2.92 bits per heavy atom. The minimum Gasteiger partial charge on any atom is -0.334 e. The topological polar surface area (TPSA) is 61.9 Å². The highest BCUT2D eigenvalue weighted by molar-refractivity contribution is 6.35. The van der Waals surface area contributed by atoms with Gasteiger partial charge in [-0.05, 0) is 42.5 Å². The van der Waals surface area contributed by atoms with Gasteiger partial charge in [-0.25, -0.2) is 4.98 Å². The molecule has 1 aliphatic heterocycles. The Morgan fingerprint density at radius 1 is 1.24 bits per heavy atom. The van der Waals surface area contributed by atoms with E-state index in [1.165, 1.54) is 5.56 Å². The van der Waals surface area contributed by atoms with Crippen LogP contribution in [-0.4, -0.2) is 32.3 Å². The van der Waals surface area contributed by atoms with Crippen LogP contribution in [0.3, 0.4) is 0 Å². The van der Waals surface area contributed by atoms with Crippen molar-refractivity contribution in [1.82, 2.24) is 19.9 Å². The molecule has 3 heterocycles. The number of benzene rings is 1. The van der Waals surface area contributed by atoms with Crippen molar-refractivity contribution in [1.29, 1.82) is 0 Å². The number of nitrogens with zero attached hydrogens (tertiary/aromatic N) is 3. The number of nitrogens with one attached hydrogen (secondary N) is 1. The molecule has 2 aromatic heterocycles. The van der Waals surface area contributed by atoms with E-state index in [0.29, 0.717) is 28.8 Å². The molecule has 1 fully saturated rings. The second kappa shape index (κ2) is 5.56. The van der Waals surface area contributed by atoms with Crippen LogP contribution in [0.4, 0.5) is 0 Å². The van der Waals surface area contributed by atoms with E-state index in [0.717, 1.165) is 30.5 Å². The second-order valence-electron chi connectivity index (χ2n) is 6.79. The second-order valence-corrected chi connectivity index (χ2v) is 7.20. The van der Waals surface area contributed by atoms with Crippen molar-refractivity contribution in [3.05, 3.63) is 58.6 Å². The van der Waals surface area contributed by atoms with E-state index in [1.807, 2.05) is 29.3 Å². The summed E-state index contributed by atoms with van der Waals surface area (Å²) in [5.41, 5.74) is 3.75. The molecule has 0 saturated heterocycles. The lowest BCUT2D eigenvalue weighted by atomic mass is 9.93. The van der Waals surface area contributed by atoms with Gasteiger partial charge in [-0.15, -0.1) is 0 Å². The van der Waals surface area contributed by atoms with Crippen molar-refractivity contribution >= 4 is 28.5 Å². The Morgan fingerprint density at radius 2 is 2.12 bits per heavy atom. The molecule has 0 radical (unpaired) electrons. The van der Waals surface area contributed by atoms with Crippen molar-refractivity contribution in [2.24, 2.45) is 5.92 Å². The number of fused-ring (bicyclic) bond motifs is 2. The molecule has 5 rings (SSSR count). The SMILES string of the molecule is O=C(c1nc2c(Cl)cccc2[nH]1)N1CCc2ncccc2[C@@H]1C1CC1. The van der Waals surface area contributed by atoms with Gasteiger partial charge in [-0.2, -0.15) is 0 Å². The van der Waals surface area contributed by atoms with Crippen molar-refractivity contribution in [3.63, 3.8) is 0 Å². The summed E-state index contributed by atoms with van der Waals surface area (Å²) in [6, 6.07) is 9.71. The number of aromatic nitrogens is 3. The van der Waals surface area contributed by atoms with Crippen LogP contribution in [0.5, 0.6) is 0 Å². The van der Waals surface area contributed by atoms with E-state index in [-0.39, 0.29) is 11.9 Å². The number of aromatic amines is 1. The fraction of sp³-hybridized carbons (Fsp3) is 0.316. The molecule has 1 saturated carbocycles. The van der Waals surface area contributed by atoms with Gasteiger partial charge in [-0.3, -0.25) is 9.78 Å². The molecule has 3 aromatic rings. The van der Waals surface area contributed by atoms with Crippen LogP contribution >= 0.6 is 11.6 Å². The van der Waals surface area contributed by atoms with Gasteiger partial charge < -0.3 is 9.88 Å². The first-order valence-corrected chi connectivity index (χ1v) is 8.99. The number of hydrogen-bond acceptors (Lipinski definition) is 3. The molecular formula is C19H17ClN4O. The van der Waals surface area contributed by atoms with Crippen molar-refractivity contribution in [2.75, 3.05) is 6.54 Å². The zero-order valence-electron chi connectivity index (χ0n) is 13.6. The Balaban J connectivity index is 1.55. The molecule has 1 aromatic carbocycles. The van der Waals surface area contributed by atoms with E-state index in [4.69, 9.17) is 11.6 Å². The van der Waals surface area contributed by atoms with Crippen molar-refractivity contribution in [3.8, 4) is 0 Å². The fourth-order valence-corrected chi connectivity index (χ4v) is 4.06. The van der Waals surface area contributed by atoms with Gasteiger partial charge in [0.15, 0.2) is 5.82 Å². The summed E-state index contributed by atoms with van der Waals surface area (Å²) in [6.07, 6.45) is 4.94. The molecule has 2 aliphatic rings. The molecule has 0 spiro atoms. The number of carbonyl (C=O) groups excluding carboxylic acids is 1. The van der Waals surface area contributed by atoms with Gasteiger partial charge in [0.25, 0.3) is 5.91 Å².